The van der Waals surface area contributed by atoms with Crippen molar-refractivity contribution in [1.82, 2.24) is 0 Å². The first-order valence-corrected chi connectivity index (χ1v) is 7.82. The van der Waals surface area contributed by atoms with Crippen molar-refractivity contribution in [3.05, 3.63) is 23.0 Å². The summed E-state index contributed by atoms with van der Waals surface area (Å²) in [4.78, 5) is 0. The average molecular weight is 303 g/mol. The smallest absolute Gasteiger partial charge is 0.187 e. The summed E-state index contributed by atoms with van der Waals surface area (Å²) < 4.78 is 24.9. The summed E-state index contributed by atoms with van der Waals surface area (Å²) in [7, 11) is 0. The standard InChI is InChI=1S/C16H24ClFO2/c1-3-5-7-11-19-13-9-10-14(16(18)15(13)17)20-12-8-6-4-2/h9-10H,3-8,11-12H2,1-2H3. The molecule has 0 aromatic heterocycles. The van der Waals surface area contributed by atoms with Crippen LogP contribution in [0, 0.1) is 5.82 Å². The zero-order valence-electron chi connectivity index (χ0n) is 12.4. The van der Waals surface area contributed by atoms with E-state index in [4.69, 9.17) is 21.1 Å². The second-order valence-corrected chi connectivity index (χ2v) is 5.18. The molecule has 20 heavy (non-hydrogen) atoms. The van der Waals surface area contributed by atoms with Crippen LogP contribution in [0.2, 0.25) is 5.02 Å². The Morgan fingerprint density at radius 2 is 1.40 bits per heavy atom. The number of benzene rings is 1. The number of ether oxygens (including phenoxy) is 2. The maximum absolute atomic E-state index is 14.0. The van der Waals surface area contributed by atoms with E-state index in [2.05, 4.69) is 13.8 Å². The highest BCUT2D eigenvalue weighted by atomic mass is 35.5. The largest absolute Gasteiger partial charge is 0.492 e. The van der Waals surface area contributed by atoms with Gasteiger partial charge in [-0.25, -0.2) is 4.39 Å². The van der Waals surface area contributed by atoms with Crippen molar-refractivity contribution in [2.45, 2.75) is 52.4 Å². The van der Waals surface area contributed by atoms with E-state index in [1.807, 2.05) is 0 Å². The zero-order chi connectivity index (χ0) is 14.8. The predicted octanol–water partition coefficient (Wildman–Crippen LogP) is 5.62. The first-order valence-electron chi connectivity index (χ1n) is 7.44. The van der Waals surface area contributed by atoms with Gasteiger partial charge in [-0.1, -0.05) is 51.1 Å². The molecule has 4 heteroatoms. The van der Waals surface area contributed by atoms with Crippen molar-refractivity contribution >= 4 is 11.6 Å². The Morgan fingerprint density at radius 3 is 1.95 bits per heavy atom. The molecule has 0 saturated heterocycles. The van der Waals surface area contributed by atoms with Crippen LogP contribution in [0.15, 0.2) is 12.1 Å². The lowest BCUT2D eigenvalue weighted by atomic mass is 10.2. The molecule has 0 radical (unpaired) electrons. The van der Waals surface area contributed by atoms with Gasteiger partial charge in [0.25, 0.3) is 0 Å². The fraction of sp³-hybridized carbons (Fsp3) is 0.625. The molecule has 0 aliphatic heterocycles. The molecule has 1 aromatic carbocycles. The third-order valence-corrected chi connectivity index (χ3v) is 3.37. The molecular formula is C16H24ClFO2. The molecule has 0 aliphatic carbocycles. The monoisotopic (exact) mass is 302 g/mol. The molecule has 0 spiro atoms. The van der Waals surface area contributed by atoms with Gasteiger partial charge in [0.2, 0.25) is 0 Å². The van der Waals surface area contributed by atoms with Crippen LogP contribution < -0.4 is 9.47 Å². The molecule has 0 fully saturated rings. The number of unbranched alkanes of at least 4 members (excludes halogenated alkanes) is 4. The molecule has 0 heterocycles. The number of hydrogen-bond donors (Lipinski definition) is 0. The maximum Gasteiger partial charge on any atom is 0.187 e. The first-order chi connectivity index (χ1) is 9.70. The number of hydrogen-bond acceptors (Lipinski definition) is 2. The Bertz CT molecular complexity index is 359. The van der Waals surface area contributed by atoms with E-state index in [0.29, 0.717) is 19.0 Å². The van der Waals surface area contributed by atoms with E-state index in [9.17, 15) is 4.39 Å². The molecule has 2 nitrogen and oxygen atoms in total. The van der Waals surface area contributed by atoms with Crippen LogP contribution in [-0.2, 0) is 0 Å². The van der Waals surface area contributed by atoms with Gasteiger partial charge in [0, 0.05) is 0 Å². The van der Waals surface area contributed by atoms with Crippen LogP contribution in [0.4, 0.5) is 4.39 Å². The molecule has 0 amide bonds. The Hall–Kier alpha value is -0.960. The highest BCUT2D eigenvalue weighted by Gasteiger charge is 2.13. The van der Waals surface area contributed by atoms with E-state index in [1.165, 1.54) is 0 Å². The third kappa shape index (κ3) is 5.58. The lowest BCUT2D eigenvalue weighted by Crippen LogP contribution is -2.02. The van der Waals surface area contributed by atoms with Crippen molar-refractivity contribution in [3.63, 3.8) is 0 Å². The highest BCUT2D eigenvalue weighted by Crippen LogP contribution is 2.33. The third-order valence-electron chi connectivity index (χ3n) is 3.02. The van der Waals surface area contributed by atoms with Gasteiger partial charge in [0.15, 0.2) is 11.6 Å². The summed E-state index contributed by atoms with van der Waals surface area (Å²) in [5.41, 5.74) is 0. The lowest BCUT2D eigenvalue weighted by Gasteiger charge is -2.12. The SMILES string of the molecule is CCCCCOc1ccc(OCCCCC)c(Cl)c1F. The van der Waals surface area contributed by atoms with Gasteiger partial charge in [-0.15, -0.1) is 0 Å². The molecule has 0 bridgehead atoms. The second-order valence-electron chi connectivity index (χ2n) is 4.80. The highest BCUT2D eigenvalue weighted by molar-refractivity contribution is 6.32. The summed E-state index contributed by atoms with van der Waals surface area (Å²) in [5, 5.41) is 0.00879. The number of rotatable bonds is 10. The average Bonchev–Trinajstić information content (AvgIpc) is 2.46. The molecule has 114 valence electrons. The minimum atomic E-state index is -0.531. The van der Waals surface area contributed by atoms with E-state index in [-0.39, 0.29) is 10.8 Å². The second kappa shape index (κ2) is 9.87. The lowest BCUT2D eigenvalue weighted by molar-refractivity contribution is 0.285. The minimum Gasteiger partial charge on any atom is -0.492 e. The van der Waals surface area contributed by atoms with Crippen LogP contribution in [0.3, 0.4) is 0 Å². The number of halogens is 2. The summed E-state index contributed by atoms with van der Waals surface area (Å²) in [6.45, 7) is 5.31. The molecule has 0 N–H and O–H groups in total. The van der Waals surface area contributed by atoms with Crippen LogP contribution in [-0.4, -0.2) is 13.2 Å². The molecule has 1 aromatic rings. The normalized spacial score (nSPS) is 10.6. The molecule has 1 rings (SSSR count). The quantitative estimate of drug-likeness (QED) is 0.522. The Morgan fingerprint density at radius 1 is 0.900 bits per heavy atom. The van der Waals surface area contributed by atoms with E-state index in [1.54, 1.807) is 12.1 Å². The molecule has 0 aliphatic rings. The van der Waals surface area contributed by atoms with Crippen LogP contribution in [0.25, 0.3) is 0 Å². The minimum absolute atomic E-state index is 0.00879. The van der Waals surface area contributed by atoms with E-state index in [0.717, 1.165) is 38.5 Å². The summed E-state index contributed by atoms with van der Waals surface area (Å²) >= 11 is 5.97. The van der Waals surface area contributed by atoms with Gasteiger partial charge in [-0.2, -0.15) is 0 Å². The van der Waals surface area contributed by atoms with Crippen molar-refractivity contribution in [1.29, 1.82) is 0 Å². The van der Waals surface area contributed by atoms with Gasteiger partial charge in [-0.3, -0.25) is 0 Å². The summed E-state index contributed by atoms with van der Waals surface area (Å²) in [6.07, 6.45) is 6.27. The Labute approximate surface area is 126 Å². The van der Waals surface area contributed by atoms with E-state index < -0.39 is 5.82 Å². The molecule has 0 unspecified atom stereocenters. The van der Waals surface area contributed by atoms with Crippen LogP contribution in [0.1, 0.15) is 52.4 Å². The van der Waals surface area contributed by atoms with Gasteiger partial charge in [-0.05, 0) is 25.0 Å². The van der Waals surface area contributed by atoms with Crippen molar-refractivity contribution in [3.8, 4) is 11.5 Å². The van der Waals surface area contributed by atoms with Crippen molar-refractivity contribution in [2.75, 3.05) is 13.2 Å². The fourth-order valence-electron chi connectivity index (χ4n) is 1.81. The zero-order valence-corrected chi connectivity index (χ0v) is 13.1. The van der Waals surface area contributed by atoms with Gasteiger partial charge >= 0.3 is 0 Å². The van der Waals surface area contributed by atoms with Gasteiger partial charge < -0.3 is 9.47 Å². The summed E-state index contributed by atoms with van der Waals surface area (Å²) in [5.74, 6) is 0.0596. The van der Waals surface area contributed by atoms with Gasteiger partial charge in [0.1, 0.15) is 10.8 Å². The molecular weight excluding hydrogens is 279 g/mol. The molecule has 0 saturated carbocycles. The van der Waals surface area contributed by atoms with Gasteiger partial charge in [0.05, 0.1) is 13.2 Å². The first kappa shape index (κ1) is 17.1. The van der Waals surface area contributed by atoms with Crippen molar-refractivity contribution < 1.29 is 13.9 Å². The topological polar surface area (TPSA) is 18.5 Å². The van der Waals surface area contributed by atoms with Crippen molar-refractivity contribution in [2.24, 2.45) is 0 Å². The Kier molecular flexibility index (Phi) is 8.43. The van der Waals surface area contributed by atoms with Crippen LogP contribution in [0.5, 0.6) is 11.5 Å². The summed E-state index contributed by atoms with van der Waals surface area (Å²) in [6, 6.07) is 3.26. The molecule has 0 atom stereocenters. The van der Waals surface area contributed by atoms with Crippen LogP contribution >= 0.6 is 11.6 Å². The fourth-order valence-corrected chi connectivity index (χ4v) is 2.02. The van der Waals surface area contributed by atoms with E-state index >= 15 is 0 Å². The maximum atomic E-state index is 14.0. The predicted molar refractivity (Wildman–Crippen MR) is 81.5 cm³/mol. The Balaban J connectivity index is 2.52.